The van der Waals surface area contributed by atoms with Gasteiger partial charge in [-0.2, -0.15) is 0 Å². The minimum absolute atomic E-state index is 0.106. The third-order valence-corrected chi connectivity index (χ3v) is 6.00. The van der Waals surface area contributed by atoms with E-state index in [0.29, 0.717) is 0 Å². The number of para-hydroxylation sites is 1. The molecule has 1 aromatic carbocycles. The van der Waals surface area contributed by atoms with Crippen LogP contribution in [-0.4, -0.2) is 64.9 Å². The van der Waals surface area contributed by atoms with Crippen LogP contribution in [0.3, 0.4) is 0 Å². The van der Waals surface area contributed by atoms with Crippen molar-refractivity contribution in [3.05, 3.63) is 29.8 Å². The molecule has 122 valence electrons. The Morgan fingerprint density at radius 2 is 1.82 bits per heavy atom. The first kappa shape index (κ1) is 16.7. The van der Waals surface area contributed by atoms with Gasteiger partial charge in [0.25, 0.3) is 5.91 Å². The normalized spacial score (nSPS) is 17.0. The van der Waals surface area contributed by atoms with Crippen LogP contribution in [0, 0.1) is 0 Å². The number of hydrogen-bond acceptors (Lipinski definition) is 6. The van der Waals surface area contributed by atoms with Gasteiger partial charge in [0.1, 0.15) is 11.5 Å². The molecule has 7 nitrogen and oxygen atoms in total. The van der Waals surface area contributed by atoms with Crippen LogP contribution in [0.15, 0.2) is 24.3 Å². The Labute approximate surface area is 128 Å². The van der Waals surface area contributed by atoms with E-state index in [2.05, 4.69) is 0 Å². The molecule has 1 amide bonds. The molecule has 1 heterocycles. The van der Waals surface area contributed by atoms with E-state index in [0.717, 1.165) is 0 Å². The Balaban J connectivity index is 2.01. The number of phenols is 1. The summed E-state index contributed by atoms with van der Waals surface area (Å²) in [5.41, 5.74) is 0.189. The summed E-state index contributed by atoms with van der Waals surface area (Å²) < 4.78 is 23.9. The molecule has 0 bridgehead atoms. The second-order valence-electron chi connectivity index (χ2n) is 5.32. The van der Waals surface area contributed by atoms with Crippen LogP contribution in [-0.2, 0) is 9.84 Å². The number of phenolic OH excluding ortho intramolecular Hbond substituents is 1. The molecule has 0 unspecified atom stereocenters. The van der Waals surface area contributed by atoms with Gasteiger partial charge in [0.2, 0.25) is 0 Å². The average molecular weight is 329 g/mol. The van der Waals surface area contributed by atoms with Gasteiger partial charge in [0.05, 0.1) is 10.8 Å². The lowest BCUT2D eigenvalue weighted by Crippen LogP contribution is -2.43. The fourth-order valence-electron chi connectivity index (χ4n) is 2.59. The molecule has 0 spiro atoms. The van der Waals surface area contributed by atoms with E-state index in [9.17, 15) is 18.3 Å². The van der Waals surface area contributed by atoms with E-state index < -0.39 is 27.1 Å². The maximum absolute atomic E-state index is 12.3. The average Bonchev–Trinajstić information content (AvgIpc) is 2.46. The van der Waals surface area contributed by atoms with Crippen molar-refractivity contribution in [3.8, 4) is 5.75 Å². The summed E-state index contributed by atoms with van der Waals surface area (Å²) in [6, 6.07) is 6.20. The summed E-state index contributed by atoms with van der Waals surface area (Å²) in [7, 11) is -3.59. The van der Waals surface area contributed by atoms with Gasteiger partial charge in [-0.05, 0) is 25.0 Å². The van der Waals surface area contributed by atoms with Crippen LogP contribution < -0.4 is 0 Å². The number of aromatic hydroxyl groups is 1. The number of aliphatic hydroxyl groups excluding tert-OH is 1. The Bertz CT molecular complexity index is 634. The van der Waals surface area contributed by atoms with Crippen molar-refractivity contribution in [1.29, 1.82) is 0 Å². The first-order valence-corrected chi connectivity index (χ1v) is 8.68. The maximum Gasteiger partial charge on any atom is 0.257 e. The van der Waals surface area contributed by atoms with E-state index in [-0.39, 0.29) is 43.2 Å². The Morgan fingerprint density at radius 3 is 2.36 bits per heavy atom. The number of likely N-dealkylation sites (tertiary alicyclic amines) is 1. The maximum atomic E-state index is 12.3. The van der Waals surface area contributed by atoms with Crippen molar-refractivity contribution in [2.75, 3.05) is 18.8 Å². The van der Waals surface area contributed by atoms with E-state index in [4.69, 9.17) is 10.2 Å². The molecular weight excluding hydrogens is 310 g/mol. The molecule has 0 radical (unpaired) electrons. The second-order valence-corrected chi connectivity index (χ2v) is 7.64. The van der Waals surface area contributed by atoms with Gasteiger partial charge >= 0.3 is 0 Å². The third-order valence-electron chi connectivity index (χ3n) is 3.75. The SMILES string of the molecule is O=C(c1ccccc1O)N1CCC(S(=O)(=O)CC(O)O)CC1. The predicted molar refractivity (Wildman–Crippen MR) is 79.0 cm³/mol. The van der Waals surface area contributed by atoms with Crippen LogP contribution >= 0.6 is 0 Å². The van der Waals surface area contributed by atoms with Crippen molar-refractivity contribution < 1.29 is 28.5 Å². The molecule has 0 aromatic heterocycles. The highest BCUT2D eigenvalue weighted by Gasteiger charge is 2.33. The van der Waals surface area contributed by atoms with Gasteiger partial charge in [0.15, 0.2) is 16.1 Å². The zero-order chi connectivity index (χ0) is 16.3. The molecule has 0 saturated carbocycles. The molecule has 0 atom stereocenters. The number of carbonyl (C=O) groups excluding carboxylic acids is 1. The second kappa shape index (κ2) is 6.64. The monoisotopic (exact) mass is 329 g/mol. The number of piperidine rings is 1. The van der Waals surface area contributed by atoms with E-state index in [1.54, 1.807) is 12.1 Å². The number of aliphatic hydroxyl groups is 2. The summed E-state index contributed by atoms with van der Waals surface area (Å²) in [5.74, 6) is -1.13. The van der Waals surface area contributed by atoms with Crippen LogP contribution in [0.1, 0.15) is 23.2 Å². The standard InChI is InChI=1S/C14H19NO6S/c16-12-4-2-1-3-11(12)14(19)15-7-5-10(6-8-15)22(20,21)9-13(17)18/h1-4,10,13,16-18H,5-9H2. The van der Waals surface area contributed by atoms with Gasteiger partial charge in [0, 0.05) is 13.1 Å². The highest BCUT2D eigenvalue weighted by Crippen LogP contribution is 2.23. The quantitative estimate of drug-likeness (QED) is 0.655. The molecule has 8 heteroatoms. The third kappa shape index (κ3) is 3.76. The fraction of sp³-hybridized carbons (Fsp3) is 0.500. The van der Waals surface area contributed by atoms with Gasteiger partial charge in [-0.25, -0.2) is 8.42 Å². The molecule has 3 N–H and O–H groups in total. The zero-order valence-electron chi connectivity index (χ0n) is 11.9. The number of hydrogen-bond donors (Lipinski definition) is 3. The molecule has 1 aromatic rings. The van der Waals surface area contributed by atoms with Gasteiger partial charge in [-0.3, -0.25) is 4.79 Å². The lowest BCUT2D eigenvalue weighted by atomic mass is 10.1. The minimum atomic E-state index is -3.59. The van der Waals surface area contributed by atoms with Crippen LogP contribution in [0.5, 0.6) is 5.75 Å². The largest absolute Gasteiger partial charge is 0.507 e. The lowest BCUT2D eigenvalue weighted by Gasteiger charge is -2.32. The predicted octanol–water partition coefficient (Wildman–Crippen LogP) is -0.278. The summed E-state index contributed by atoms with van der Waals surface area (Å²) in [6.07, 6.45) is -1.39. The van der Waals surface area contributed by atoms with Crippen molar-refractivity contribution >= 4 is 15.7 Å². The highest BCUT2D eigenvalue weighted by atomic mass is 32.2. The number of carbonyl (C=O) groups is 1. The molecule has 1 aliphatic rings. The molecule has 1 saturated heterocycles. The van der Waals surface area contributed by atoms with Crippen LogP contribution in [0.4, 0.5) is 0 Å². The molecular formula is C14H19NO6S. The van der Waals surface area contributed by atoms with Crippen molar-refractivity contribution in [1.82, 2.24) is 4.90 Å². The van der Waals surface area contributed by atoms with Gasteiger partial charge < -0.3 is 20.2 Å². The van der Waals surface area contributed by atoms with E-state index in [1.165, 1.54) is 17.0 Å². The lowest BCUT2D eigenvalue weighted by molar-refractivity contribution is -0.0201. The van der Waals surface area contributed by atoms with Gasteiger partial charge in [-0.15, -0.1) is 0 Å². The number of nitrogens with zero attached hydrogens (tertiary/aromatic N) is 1. The summed E-state index contributed by atoms with van der Waals surface area (Å²) in [5, 5.41) is 26.7. The highest BCUT2D eigenvalue weighted by molar-refractivity contribution is 7.92. The smallest absolute Gasteiger partial charge is 0.257 e. The minimum Gasteiger partial charge on any atom is -0.507 e. The van der Waals surface area contributed by atoms with Crippen molar-refractivity contribution in [3.63, 3.8) is 0 Å². The van der Waals surface area contributed by atoms with E-state index >= 15 is 0 Å². The number of amides is 1. The van der Waals surface area contributed by atoms with Gasteiger partial charge in [-0.1, -0.05) is 12.1 Å². The molecule has 22 heavy (non-hydrogen) atoms. The Kier molecular flexibility index (Phi) is 5.05. The Hall–Kier alpha value is -1.64. The zero-order valence-corrected chi connectivity index (χ0v) is 12.7. The molecule has 2 rings (SSSR count). The number of rotatable bonds is 4. The van der Waals surface area contributed by atoms with E-state index in [1.807, 2.05) is 0 Å². The fourth-order valence-corrected chi connectivity index (χ4v) is 4.20. The first-order valence-electron chi connectivity index (χ1n) is 6.96. The molecule has 1 aliphatic heterocycles. The molecule has 1 fully saturated rings. The summed E-state index contributed by atoms with van der Waals surface area (Å²) in [6.45, 7) is 0.497. The number of sulfone groups is 1. The summed E-state index contributed by atoms with van der Waals surface area (Å²) >= 11 is 0. The Morgan fingerprint density at radius 1 is 1.23 bits per heavy atom. The topological polar surface area (TPSA) is 115 Å². The summed E-state index contributed by atoms with van der Waals surface area (Å²) in [4.78, 5) is 13.8. The molecule has 0 aliphatic carbocycles. The van der Waals surface area contributed by atoms with Crippen molar-refractivity contribution in [2.45, 2.75) is 24.4 Å². The van der Waals surface area contributed by atoms with Crippen LogP contribution in [0.25, 0.3) is 0 Å². The van der Waals surface area contributed by atoms with Crippen LogP contribution in [0.2, 0.25) is 0 Å². The first-order chi connectivity index (χ1) is 10.3. The van der Waals surface area contributed by atoms with Crippen molar-refractivity contribution in [2.24, 2.45) is 0 Å². The number of benzene rings is 1.